The number of ether oxygens (including phenoxy) is 1. The Labute approximate surface area is 99.2 Å². The van der Waals surface area contributed by atoms with Crippen LogP contribution in [-0.4, -0.2) is 33.9 Å². The topological polar surface area (TPSA) is 81.4 Å². The van der Waals surface area contributed by atoms with Gasteiger partial charge in [0.2, 0.25) is 0 Å². The molecule has 1 N–H and O–H groups in total. The quantitative estimate of drug-likeness (QED) is 0.766. The largest absolute Gasteiger partial charge is 0.481 e. The van der Waals surface area contributed by atoms with Gasteiger partial charge in [-0.05, 0) is 13.8 Å². The van der Waals surface area contributed by atoms with Gasteiger partial charge in [-0.3, -0.25) is 14.3 Å². The number of nitrogens with zero attached hydrogens (tertiary/aromatic N) is 2. The highest BCUT2D eigenvalue weighted by Crippen LogP contribution is 2.14. The molecule has 0 fully saturated rings. The third-order valence-corrected chi connectivity index (χ3v) is 2.61. The van der Waals surface area contributed by atoms with Gasteiger partial charge in [0.05, 0.1) is 32.2 Å². The number of carbonyl (C=O) groups is 2. The molecule has 0 radical (unpaired) electrons. The first-order valence-electron chi connectivity index (χ1n) is 5.27. The first-order valence-corrected chi connectivity index (χ1v) is 5.27. The minimum atomic E-state index is -0.885. The summed E-state index contributed by atoms with van der Waals surface area (Å²) in [6.45, 7) is 3.97. The van der Waals surface area contributed by atoms with Crippen LogP contribution in [0.3, 0.4) is 0 Å². The summed E-state index contributed by atoms with van der Waals surface area (Å²) < 4.78 is 6.18. The first-order chi connectivity index (χ1) is 7.95. The molecule has 0 bridgehead atoms. The molecule has 0 spiro atoms. The summed E-state index contributed by atoms with van der Waals surface area (Å²) in [5, 5.41) is 13.0. The van der Waals surface area contributed by atoms with Gasteiger partial charge in [0.25, 0.3) is 0 Å². The second-order valence-electron chi connectivity index (χ2n) is 3.77. The van der Waals surface area contributed by atoms with Crippen LogP contribution in [0, 0.1) is 13.8 Å². The molecule has 0 saturated carbocycles. The summed E-state index contributed by atoms with van der Waals surface area (Å²) in [6.07, 6.45) is 0.181. The number of carbonyl (C=O) groups excluding carboxylic acids is 1. The maximum Gasteiger partial charge on any atom is 0.307 e. The van der Waals surface area contributed by atoms with Gasteiger partial charge in [-0.1, -0.05) is 0 Å². The Morgan fingerprint density at radius 1 is 1.41 bits per heavy atom. The number of methoxy groups -OCH3 is 1. The van der Waals surface area contributed by atoms with E-state index in [2.05, 4.69) is 9.84 Å². The molecule has 1 heterocycles. The number of hydrogen-bond donors (Lipinski definition) is 1. The lowest BCUT2D eigenvalue weighted by Gasteiger charge is -2.03. The second-order valence-corrected chi connectivity index (χ2v) is 3.77. The van der Waals surface area contributed by atoms with Crippen LogP contribution in [0.4, 0.5) is 0 Å². The highest BCUT2D eigenvalue weighted by molar-refractivity contribution is 5.71. The fraction of sp³-hybridized carbons (Fsp3) is 0.545. The van der Waals surface area contributed by atoms with Crippen molar-refractivity contribution < 1.29 is 19.4 Å². The normalized spacial score (nSPS) is 10.3. The maximum absolute atomic E-state index is 11.0. The van der Waals surface area contributed by atoms with Gasteiger partial charge in [-0.2, -0.15) is 5.10 Å². The smallest absolute Gasteiger partial charge is 0.307 e. The molecule has 1 rings (SSSR count). The van der Waals surface area contributed by atoms with Crippen LogP contribution in [-0.2, 0) is 27.3 Å². The Hall–Kier alpha value is -1.85. The number of aromatic nitrogens is 2. The monoisotopic (exact) mass is 240 g/mol. The molecule has 1 aromatic rings. The summed E-state index contributed by atoms with van der Waals surface area (Å²) in [7, 11) is 1.33. The van der Waals surface area contributed by atoms with E-state index in [1.807, 2.05) is 0 Å². The highest BCUT2D eigenvalue weighted by Gasteiger charge is 2.14. The standard InChI is InChI=1S/C11H16N2O4/c1-7-9(6-10(14)15)8(2)13(12-7)5-4-11(16)17-3/h4-6H2,1-3H3,(H,14,15). The van der Waals surface area contributed by atoms with Crippen LogP contribution in [0.2, 0.25) is 0 Å². The molecular formula is C11H16N2O4. The number of esters is 1. The molecule has 0 amide bonds. The van der Waals surface area contributed by atoms with E-state index in [0.29, 0.717) is 17.8 Å². The van der Waals surface area contributed by atoms with E-state index < -0.39 is 5.97 Å². The van der Waals surface area contributed by atoms with Crippen molar-refractivity contribution in [2.45, 2.75) is 33.2 Å². The number of carboxylic acids is 1. The molecule has 0 saturated heterocycles. The van der Waals surface area contributed by atoms with Gasteiger partial charge >= 0.3 is 11.9 Å². The lowest BCUT2D eigenvalue weighted by molar-refractivity contribution is -0.141. The fourth-order valence-electron chi connectivity index (χ4n) is 1.66. The summed E-state index contributed by atoms with van der Waals surface area (Å²) in [4.78, 5) is 21.7. The molecule has 6 nitrogen and oxygen atoms in total. The van der Waals surface area contributed by atoms with Gasteiger partial charge < -0.3 is 9.84 Å². The molecule has 6 heteroatoms. The Morgan fingerprint density at radius 3 is 2.59 bits per heavy atom. The van der Waals surface area contributed by atoms with Crippen LogP contribution in [0.1, 0.15) is 23.4 Å². The summed E-state index contributed by atoms with van der Waals surface area (Å²) in [5.74, 6) is -1.19. The van der Waals surface area contributed by atoms with E-state index in [1.54, 1.807) is 18.5 Å². The fourth-order valence-corrected chi connectivity index (χ4v) is 1.66. The van der Waals surface area contributed by atoms with Crippen molar-refractivity contribution in [3.63, 3.8) is 0 Å². The summed E-state index contributed by atoms with van der Waals surface area (Å²) in [6, 6.07) is 0. The van der Waals surface area contributed by atoms with Gasteiger partial charge in [0, 0.05) is 11.3 Å². The lowest BCUT2D eigenvalue weighted by Crippen LogP contribution is -2.10. The molecule has 94 valence electrons. The van der Waals surface area contributed by atoms with Crippen LogP contribution in [0.5, 0.6) is 0 Å². The Balaban J connectivity index is 2.81. The van der Waals surface area contributed by atoms with Crippen LogP contribution < -0.4 is 0 Å². The highest BCUT2D eigenvalue weighted by atomic mass is 16.5. The zero-order valence-electron chi connectivity index (χ0n) is 10.2. The van der Waals surface area contributed by atoms with Crippen LogP contribution in [0.15, 0.2) is 0 Å². The Kier molecular flexibility index (Phi) is 4.25. The van der Waals surface area contributed by atoms with Crippen LogP contribution in [0.25, 0.3) is 0 Å². The Bertz CT molecular complexity index is 437. The van der Waals surface area contributed by atoms with Crippen LogP contribution >= 0.6 is 0 Å². The molecule has 0 aromatic carbocycles. The minimum absolute atomic E-state index is 0.0457. The molecule has 0 aliphatic carbocycles. The first kappa shape index (κ1) is 13.2. The van der Waals surface area contributed by atoms with Gasteiger partial charge in [-0.15, -0.1) is 0 Å². The van der Waals surface area contributed by atoms with E-state index >= 15 is 0 Å². The van der Waals surface area contributed by atoms with Crippen molar-refractivity contribution in [1.82, 2.24) is 9.78 Å². The van der Waals surface area contributed by atoms with Crippen molar-refractivity contribution in [2.24, 2.45) is 0 Å². The number of aryl methyl sites for hydroxylation is 2. The molecule has 0 atom stereocenters. The van der Waals surface area contributed by atoms with E-state index in [4.69, 9.17) is 5.11 Å². The third-order valence-electron chi connectivity index (χ3n) is 2.61. The zero-order chi connectivity index (χ0) is 13.0. The SMILES string of the molecule is COC(=O)CCn1nc(C)c(CC(=O)O)c1C. The van der Waals surface area contributed by atoms with Gasteiger partial charge in [0.15, 0.2) is 0 Å². The van der Waals surface area contributed by atoms with E-state index in [0.717, 1.165) is 5.69 Å². The minimum Gasteiger partial charge on any atom is -0.481 e. The molecule has 0 aliphatic rings. The third kappa shape index (κ3) is 3.30. The summed E-state index contributed by atoms with van der Waals surface area (Å²) in [5.41, 5.74) is 2.19. The number of hydrogen-bond acceptors (Lipinski definition) is 4. The van der Waals surface area contributed by atoms with Crippen molar-refractivity contribution in [3.05, 3.63) is 17.0 Å². The van der Waals surface area contributed by atoms with Gasteiger partial charge in [0.1, 0.15) is 0 Å². The van der Waals surface area contributed by atoms with Gasteiger partial charge in [-0.25, -0.2) is 0 Å². The molecule has 1 aromatic heterocycles. The van der Waals surface area contributed by atoms with Crippen molar-refractivity contribution in [1.29, 1.82) is 0 Å². The average Bonchev–Trinajstić information content (AvgIpc) is 2.53. The maximum atomic E-state index is 11.0. The molecular weight excluding hydrogens is 224 g/mol. The molecule has 17 heavy (non-hydrogen) atoms. The zero-order valence-corrected chi connectivity index (χ0v) is 10.2. The predicted octanol–water partition coefficient (Wildman–Crippen LogP) is 0.690. The number of aliphatic carboxylic acids is 1. The van der Waals surface area contributed by atoms with Crippen molar-refractivity contribution >= 4 is 11.9 Å². The second kappa shape index (κ2) is 5.47. The van der Waals surface area contributed by atoms with Crippen molar-refractivity contribution in [2.75, 3.05) is 7.11 Å². The van der Waals surface area contributed by atoms with E-state index in [-0.39, 0.29) is 18.8 Å². The number of carboxylic acid groups (broad SMARTS) is 1. The van der Waals surface area contributed by atoms with E-state index in [9.17, 15) is 9.59 Å². The molecule has 0 aliphatic heterocycles. The molecule has 0 unspecified atom stereocenters. The van der Waals surface area contributed by atoms with Crippen molar-refractivity contribution in [3.8, 4) is 0 Å². The number of rotatable bonds is 5. The lowest BCUT2D eigenvalue weighted by atomic mass is 10.1. The average molecular weight is 240 g/mol. The summed E-state index contributed by atoms with van der Waals surface area (Å²) >= 11 is 0. The Morgan fingerprint density at radius 2 is 2.06 bits per heavy atom. The predicted molar refractivity (Wildman–Crippen MR) is 59.7 cm³/mol. The van der Waals surface area contributed by atoms with E-state index in [1.165, 1.54) is 7.11 Å².